The normalized spacial score (nSPS) is 30.3. The van der Waals surface area contributed by atoms with Crippen molar-refractivity contribution in [1.29, 1.82) is 0 Å². The Hall–Kier alpha value is -2.67. The Kier molecular flexibility index (Phi) is 6.24. The van der Waals surface area contributed by atoms with E-state index in [0.717, 1.165) is 42.5 Å². The summed E-state index contributed by atoms with van der Waals surface area (Å²) in [5.41, 5.74) is 2.13. The minimum atomic E-state index is -0.866. The number of hydrogen-bond donors (Lipinski definition) is 1. The van der Waals surface area contributed by atoms with Crippen LogP contribution in [0.5, 0.6) is 0 Å². The molecule has 5 atom stereocenters. The van der Waals surface area contributed by atoms with Crippen molar-refractivity contribution in [2.45, 2.75) is 83.6 Å². The predicted molar refractivity (Wildman–Crippen MR) is 132 cm³/mol. The molecule has 1 aromatic carbocycles. The smallest absolute Gasteiger partial charge is 0.313 e. The molecule has 0 radical (unpaired) electrons. The van der Waals surface area contributed by atoms with E-state index < -0.39 is 35.6 Å². The Balaban J connectivity index is 1.35. The fourth-order valence-electron chi connectivity index (χ4n) is 6.31. The number of fused-ring (bicyclic) bond motifs is 1. The number of rotatable bonds is 7. The molecule has 7 nitrogen and oxygen atoms in total. The lowest BCUT2D eigenvalue weighted by Crippen LogP contribution is -2.46. The third-order valence-electron chi connectivity index (χ3n) is 7.83. The van der Waals surface area contributed by atoms with Crippen LogP contribution >= 0.6 is 0 Å². The van der Waals surface area contributed by atoms with Gasteiger partial charge in [-0.3, -0.25) is 14.4 Å². The zero-order valence-corrected chi connectivity index (χ0v) is 21.1. The van der Waals surface area contributed by atoms with Crippen LogP contribution in [0.4, 0.5) is 5.69 Å². The first-order valence-corrected chi connectivity index (χ1v) is 12.9. The fraction of sp³-hybridized carbons (Fsp3) is 0.607. The van der Waals surface area contributed by atoms with Gasteiger partial charge in [0.25, 0.3) is 5.91 Å². The van der Waals surface area contributed by atoms with Gasteiger partial charge in [0.2, 0.25) is 5.91 Å². The lowest BCUT2D eigenvalue weighted by atomic mass is 9.77. The van der Waals surface area contributed by atoms with Gasteiger partial charge >= 0.3 is 5.97 Å². The first-order chi connectivity index (χ1) is 16.7. The molecule has 2 amide bonds. The lowest BCUT2D eigenvalue weighted by Gasteiger charge is -2.26. The second kappa shape index (κ2) is 9.08. The standard InChI is InChI=1S/C28H36N2O5/c1-16(2)11-22(25(31)29-19-7-5-6-8-19)34-27(33)23-21-9-10-28(35-21)15-30(26(32)24(23)28)20-13-17(3)12-18(4)14-20/h9-10,12-14,16,19,21-24H,5-8,11,15H2,1-4H3,(H,29,31)/t21-,22-,23-,24+,28-/m0/s1. The first-order valence-electron chi connectivity index (χ1n) is 12.9. The molecule has 1 aromatic rings. The molecule has 7 heteroatoms. The summed E-state index contributed by atoms with van der Waals surface area (Å²) in [4.78, 5) is 41.9. The minimum absolute atomic E-state index is 0.125. The van der Waals surface area contributed by atoms with Gasteiger partial charge in [0.05, 0.1) is 18.6 Å². The molecule has 1 saturated carbocycles. The van der Waals surface area contributed by atoms with Crippen molar-refractivity contribution in [3.63, 3.8) is 0 Å². The Bertz CT molecular complexity index is 1040. The van der Waals surface area contributed by atoms with Gasteiger partial charge in [-0.2, -0.15) is 0 Å². The van der Waals surface area contributed by atoms with E-state index in [9.17, 15) is 14.4 Å². The minimum Gasteiger partial charge on any atom is -0.452 e. The first kappa shape index (κ1) is 24.0. The number of aryl methyl sites for hydroxylation is 2. The van der Waals surface area contributed by atoms with E-state index in [1.807, 2.05) is 52.0 Å². The highest BCUT2D eigenvalue weighted by atomic mass is 16.6. The summed E-state index contributed by atoms with van der Waals surface area (Å²) in [6.07, 6.45) is 7.02. The lowest BCUT2D eigenvalue weighted by molar-refractivity contribution is -0.163. The van der Waals surface area contributed by atoms with Crippen molar-refractivity contribution in [2.24, 2.45) is 17.8 Å². The fourth-order valence-corrected chi connectivity index (χ4v) is 6.31. The molecule has 1 spiro atoms. The molecule has 3 heterocycles. The second-order valence-corrected chi connectivity index (χ2v) is 11.2. The van der Waals surface area contributed by atoms with Gasteiger partial charge in [0, 0.05) is 11.7 Å². The van der Waals surface area contributed by atoms with Crippen molar-refractivity contribution in [3.8, 4) is 0 Å². The van der Waals surface area contributed by atoms with Crippen molar-refractivity contribution in [2.75, 3.05) is 11.4 Å². The quantitative estimate of drug-likeness (QED) is 0.476. The van der Waals surface area contributed by atoms with Crippen LogP contribution in [-0.4, -0.2) is 48.2 Å². The van der Waals surface area contributed by atoms with Gasteiger partial charge in [-0.05, 0) is 62.3 Å². The van der Waals surface area contributed by atoms with Crippen LogP contribution in [0.2, 0.25) is 0 Å². The van der Waals surface area contributed by atoms with Gasteiger partial charge in [-0.15, -0.1) is 0 Å². The number of benzene rings is 1. The Morgan fingerprint density at radius 1 is 1.17 bits per heavy atom. The van der Waals surface area contributed by atoms with E-state index in [1.54, 1.807) is 4.90 Å². The monoisotopic (exact) mass is 480 g/mol. The summed E-state index contributed by atoms with van der Waals surface area (Å²) in [5.74, 6) is -2.10. The Labute approximate surface area is 207 Å². The molecule has 3 aliphatic heterocycles. The van der Waals surface area contributed by atoms with E-state index in [-0.39, 0.29) is 23.8 Å². The maximum Gasteiger partial charge on any atom is 0.313 e. The summed E-state index contributed by atoms with van der Waals surface area (Å²) >= 11 is 0. The van der Waals surface area contributed by atoms with Crippen LogP contribution in [0, 0.1) is 31.6 Å². The zero-order valence-electron chi connectivity index (χ0n) is 21.1. The maximum atomic E-state index is 13.7. The SMILES string of the molecule is Cc1cc(C)cc(N2C[C@]34C=C[C@H](O3)[C@H](C(=O)O[C@@H](CC(C)C)C(=O)NC3CCCC3)[C@@H]4C2=O)c1. The zero-order chi connectivity index (χ0) is 24.9. The van der Waals surface area contributed by atoms with Gasteiger partial charge in [0.15, 0.2) is 6.10 Å². The second-order valence-electron chi connectivity index (χ2n) is 11.2. The van der Waals surface area contributed by atoms with Crippen LogP contribution in [-0.2, 0) is 23.9 Å². The topological polar surface area (TPSA) is 84.9 Å². The van der Waals surface area contributed by atoms with E-state index in [2.05, 4.69) is 11.4 Å². The predicted octanol–water partition coefficient (Wildman–Crippen LogP) is 3.61. The highest BCUT2D eigenvalue weighted by Gasteiger charge is 2.67. The molecule has 2 bridgehead atoms. The van der Waals surface area contributed by atoms with Gasteiger partial charge < -0.3 is 19.7 Å². The molecule has 3 fully saturated rings. The third kappa shape index (κ3) is 4.39. The number of hydrogen-bond acceptors (Lipinski definition) is 5. The van der Waals surface area contributed by atoms with Crippen molar-refractivity contribution < 1.29 is 23.9 Å². The number of anilines is 1. The molecule has 4 aliphatic rings. The Morgan fingerprint density at radius 3 is 2.51 bits per heavy atom. The van der Waals surface area contributed by atoms with Crippen LogP contribution in [0.1, 0.15) is 57.1 Å². The summed E-state index contributed by atoms with van der Waals surface area (Å²) in [6, 6.07) is 6.18. The maximum absolute atomic E-state index is 13.7. The van der Waals surface area contributed by atoms with Crippen molar-refractivity contribution >= 4 is 23.5 Å². The molecule has 0 unspecified atom stereocenters. The molecular weight excluding hydrogens is 444 g/mol. The van der Waals surface area contributed by atoms with Crippen molar-refractivity contribution in [3.05, 3.63) is 41.5 Å². The summed E-state index contributed by atoms with van der Waals surface area (Å²) in [7, 11) is 0. The van der Waals surface area contributed by atoms with Crippen LogP contribution in [0.15, 0.2) is 30.4 Å². The molecule has 1 aliphatic carbocycles. The Morgan fingerprint density at radius 2 is 1.86 bits per heavy atom. The molecule has 0 aromatic heterocycles. The van der Waals surface area contributed by atoms with E-state index in [4.69, 9.17) is 9.47 Å². The third-order valence-corrected chi connectivity index (χ3v) is 7.83. The van der Waals surface area contributed by atoms with E-state index in [0.29, 0.717) is 13.0 Å². The average Bonchev–Trinajstić information content (AvgIpc) is 3.54. The number of nitrogens with zero attached hydrogens (tertiary/aromatic N) is 1. The molecule has 188 valence electrons. The van der Waals surface area contributed by atoms with Gasteiger partial charge in [-0.1, -0.05) is 44.9 Å². The highest BCUT2D eigenvalue weighted by Crippen LogP contribution is 2.53. The summed E-state index contributed by atoms with van der Waals surface area (Å²) in [6.45, 7) is 8.38. The van der Waals surface area contributed by atoms with Gasteiger partial charge in [-0.25, -0.2) is 0 Å². The largest absolute Gasteiger partial charge is 0.452 e. The number of nitrogens with one attached hydrogen (secondary N) is 1. The number of esters is 1. The molecule has 35 heavy (non-hydrogen) atoms. The van der Waals surface area contributed by atoms with Crippen LogP contribution in [0.25, 0.3) is 0 Å². The molecule has 1 N–H and O–H groups in total. The summed E-state index contributed by atoms with van der Waals surface area (Å²) < 4.78 is 12.1. The van der Waals surface area contributed by atoms with Gasteiger partial charge in [0.1, 0.15) is 11.5 Å². The molecule has 5 rings (SSSR count). The van der Waals surface area contributed by atoms with Crippen LogP contribution < -0.4 is 10.2 Å². The number of carbonyl (C=O) groups excluding carboxylic acids is 3. The van der Waals surface area contributed by atoms with E-state index in [1.165, 1.54) is 0 Å². The number of ether oxygens (including phenoxy) is 2. The molecule has 2 saturated heterocycles. The average molecular weight is 481 g/mol. The molecular formula is C28H36N2O5. The van der Waals surface area contributed by atoms with Crippen molar-refractivity contribution in [1.82, 2.24) is 5.32 Å². The van der Waals surface area contributed by atoms with Crippen LogP contribution in [0.3, 0.4) is 0 Å². The van der Waals surface area contributed by atoms with E-state index >= 15 is 0 Å². The number of amides is 2. The number of carbonyl (C=O) groups is 3. The summed E-state index contributed by atoms with van der Waals surface area (Å²) in [5, 5.41) is 3.07. The highest BCUT2D eigenvalue weighted by molar-refractivity contribution is 6.03.